The molecule has 144 valence electrons. The number of nitrogens with zero attached hydrogens (tertiary/aromatic N) is 5. The molecule has 0 unspecified atom stereocenters. The van der Waals surface area contributed by atoms with Crippen molar-refractivity contribution in [2.75, 3.05) is 14.1 Å². The molecule has 1 heterocycles. The molecule has 4 aromatic rings. The molecule has 0 spiro atoms. The second-order valence-corrected chi connectivity index (χ2v) is 7.11. The van der Waals surface area contributed by atoms with Crippen molar-refractivity contribution in [1.29, 1.82) is 0 Å². The highest BCUT2D eigenvalue weighted by Gasteiger charge is 2.23. The van der Waals surface area contributed by atoms with E-state index in [-0.39, 0.29) is 5.78 Å². The Morgan fingerprint density at radius 2 is 1.69 bits per heavy atom. The predicted octanol–water partition coefficient (Wildman–Crippen LogP) is 3.91. The molecule has 0 aliphatic heterocycles. The van der Waals surface area contributed by atoms with E-state index in [0.717, 1.165) is 22.0 Å². The maximum absolute atomic E-state index is 13.6. The molecule has 6 nitrogen and oxygen atoms in total. The summed E-state index contributed by atoms with van der Waals surface area (Å²) in [7, 11) is 3.74. The molecule has 0 radical (unpaired) electrons. The highest BCUT2D eigenvalue weighted by Crippen LogP contribution is 2.26. The van der Waals surface area contributed by atoms with Gasteiger partial charge in [0.1, 0.15) is 0 Å². The minimum absolute atomic E-state index is 0.126. The number of carbonyl (C=O) groups excluding carboxylic acids is 1. The number of aryl methyl sites for hydroxylation is 1. The Morgan fingerprint density at radius 3 is 2.45 bits per heavy atom. The summed E-state index contributed by atoms with van der Waals surface area (Å²) in [6.07, 6.45) is 1.76. The number of carbonyl (C=O) groups is 1. The summed E-state index contributed by atoms with van der Waals surface area (Å²) in [5.74, 6) is 0.277. The molecule has 3 aromatic carbocycles. The smallest absolute Gasteiger partial charge is 0.198 e. The summed E-state index contributed by atoms with van der Waals surface area (Å²) in [6.45, 7) is 2.02. The van der Waals surface area contributed by atoms with E-state index in [1.165, 1.54) is 0 Å². The molecule has 0 bridgehead atoms. The van der Waals surface area contributed by atoms with Crippen LogP contribution in [0.4, 0.5) is 0 Å². The van der Waals surface area contributed by atoms with E-state index in [1.807, 2.05) is 92.6 Å². The van der Waals surface area contributed by atoms with Crippen LogP contribution < -0.4 is 0 Å². The first-order valence-electron chi connectivity index (χ1n) is 9.31. The molecule has 29 heavy (non-hydrogen) atoms. The topological polar surface area (TPSA) is 63.9 Å². The van der Waals surface area contributed by atoms with Gasteiger partial charge in [-0.3, -0.25) is 4.79 Å². The van der Waals surface area contributed by atoms with Crippen LogP contribution in [0.25, 0.3) is 22.0 Å². The number of rotatable bonds is 5. The largest absolute Gasteiger partial charge is 0.383 e. The first-order valence-corrected chi connectivity index (χ1v) is 9.31. The zero-order valence-corrected chi connectivity index (χ0v) is 16.6. The number of allylic oxidation sites excluding steroid dienone is 1. The molecule has 0 saturated carbocycles. The standard InChI is InChI=1S/C23H21N5O/c1-16-11-13-18(14-12-16)28-23(24-25-26-28)21(15-27(2)3)22(29)20-10-6-8-17-7-4-5-9-19(17)20/h4-15H,1-3H3. The van der Waals surface area contributed by atoms with Gasteiger partial charge in [0, 0.05) is 25.9 Å². The van der Waals surface area contributed by atoms with E-state index in [9.17, 15) is 4.79 Å². The van der Waals surface area contributed by atoms with Gasteiger partial charge in [0.2, 0.25) is 0 Å². The average molecular weight is 383 g/mol. The van der Waals surface area contributed by atoms with Crippen LogP contribution in [0.15, 0.2) is 72.9 Å². The van der Waals surface area contributed by atoms with Gasteiger partial charge in [-0.05, 0) is 40.3 Å². The van der Waals surface area contributed by atoms with Crippen molar-refractivity contribution < 1.29 is 4.79 Å². The zero-order valence-electron chi connectivity index (χ0n) is 16.6. The van der Waals surface area contributed by atoms with Gasteiger partial charge < -0.3 is 4.90 Å². The van der Waals surface area contributed by atoms with Crippen molar-refractivity contribution in [1.82, 2.24) is 25.1 Å². The number of hydrogen-bond donors (Lipinski definition) is 0. The SMILES string of the molecule is Cc1ccc(-n2nnnc2C(=CN(C)C)C(=O)c2cccc3ccccc23)cc1. The number of ketones is 1. The molecule has 0 amide bonds. The van der Waals surface area contributed by atoms with E-state index in [0.29, 0.717) is 17.0 Å². The van der Waals surface area contributed by atoms with Gasteiger partial charge in [0.15, 0.2) is 11.6 Å². The lowest BCUT2D eigenvalue weighted by Gasteiger charge is -2.13. The fourth-order valence-electron chi connectivity index (χ4n) is 3.26. The first kappa shape index (κ1) is 18.6. The third-order valence-electron chi connectivity index (χ3n) is 4.66. The van der Waals surface area contributed by atoms with Gasteiger partial charge in [-0.25, -0.2) is 0 Å². The van der Waals surface area contributed by atoms with Crippen molar-refractivity contribution in [2.45, 2.75) is 6.92 Å². The Balaban J connectivity index is 1.86. The quantitative estimate of drug-likeness (QED) is 0.386. The van der Waals surface area contributed by atoms with Gasteiger partial charge in [-0.2, -0.15) is 4.68 Å². The molecule has 0 aliphatic rings. The van der Waals surface area contributed by atoms with Crippen LogP contribution in [0.5, 0.6) is 0 Å². The minimum Gasteiger partial charge on any atom is -0.383 e. The van der Waals surface area contributed by atoms with E-state index >= 15 is 0 Å². The lowest BCUT2D eigenvalue weighted by molar-refractivity contribution is 0.105. The summed E-state index contributed by atoms with van der Waals surface area (Å²) >= 11 is 0. The van der Waals surface area contributed by atoms with E-state index in [1.54, 1.807) is 10.9 Å². The Kier molecular flexibility index (Phi) is 4.91. The summed E-state index contributed by atoms with van der Waals surface area (Å²) in [5.41, 5.74) is 2.98. The van der Waals surface area contributed by atoms with Crippen LogP contribution >= 0.6 is 0 Å². The van der Waals surface area contributed by atoms with Crippen LogP contribution in [0.2, 0.25) is 0 Å². The van der Waals surface area contributed by atoms with Crippen molar-refractivity contribution >= 4 is 22.1 Å². The van der Waals surface area contributed by atoms with Gasteiger partial charge in [0.25, 0.3) is 0 Å². The maximum atomic E-state index is 13.6. The summed E-state index contributed by atoms with van der Waals surface area (Å²) in [4.78, 5) is 15.5. The number of Topliss-reactive ketones (excluding diaryl/α,β-unsaturated/α-hetero) is 1. The highest BCUT2D eigenvalue weighted by atomic mass is 16.1. The van der Waals surface area contributed by atoms with Crippen LogP contribution in [0.3, 0.4) is 0 Å². The van der Waals surface area contributed by atoms with E-state index in [2.05, 4.69) is 15.5 Å². The monoisotopic (exact) mass is 383 g/mol. The molecule has 1 aromatic heterocycles. The Labute approximate surface area is 169 Å². The molecular formula is C23H21N5O. The summed E-state index contributed by atoms with van der Waals surface area (Å²) in [6, 6.07) is 21.4. The van der Waals surface area contributed by atoms with Crippen molar-refractivity contribution in [3.63, 3.8) is 0 Å². The number of benzene rings is 3. The van der Waals surface area contributed by atoms with Gasteiger partial charge in [-0.1, -0.05) is 60.2 Å². The van der Waals surface area contributed by atoms with E-state index < -0.39 is 0 Å². The van der Waals surface area contributed by atoms with E-state index in [4.69, 9.17) is 0 Å². The number of hydrogen-bond acceptors (Lipinski definition) is 5. The summed E-state index contributed by atoms with van der Waals surface area (Å²) in [5, 5.41) is 14.1. The fraction of sp³-hybridized carbons (Fsp3) is 0.130. The van der Waals surface area contributed by atoms with Gasteiger partial charge in [0.05, 0.1) is 11.3 Å². The lowest BCUT2D eigenvalue weighted by Crippen LogP contribution is -2.14. The molecule has 0 N–H and O–H groups in total. The number of aromatic nitrogens is 4. The minimum atomic E-state index is -0.126. The van der Waals surface area contributed by atoms with Crippen molar-refractivity contribution in [3.8, 4) is 5.69 Å². The van der Waals surface area contributed by atoms with Crippen molar-refractivity contribution in [2.24, 2.45) is 0 Å². The predicted molar refractivity (Wildman–Crippen MR) is 114 cm³/mol. The highest BCUT2D eigenvalue weighted by molar-refractivity contribution is 6.31. The van der Waals surface area contributed by atoms with Crippen LogP contribution in [0.1, 0.15) is 21.7 Å². The fourth-order valence-corrected chi connectivity index (χ4v) is 3.26. The Bertz CT molecular complexity index is 1200. The second kappa shape index (κ2) is 7.67. The third-order valence-corrected chi connectivity index (χ3v) is 4.66. The number of fused-ring (bicyclic) bond motifs is 1. The second-order valence-electron chi connectivity index (χ2n) is 7.11. The Hall–Kier alpha value is -3.80. The lowest BCUT2D eigenvalue weighted by atomic mass is 9.97. The van der Waals surface area contributed by atoms with Crippen LogP contribution in [-0.4, -0.2) is 45.0 Å². The number of tetrazole rings is 1. The molecule has 0 saturated heterocycles. The van der Waals surface area contributed by atoms with Crippen molar-refractivity contribution in [3.05, 3.63) is 89.9 Å². The molecule has 0 atom stereocenters. The average Bonchev–Trinajstić information content (AvgIpc) is 3.21. The zero-order chi connectivity index (χ0) is 20.4. The molecule has 0 fully saturated rings. The third kappa shape index (κ3) is 3.65. The molecule has 0 aliphatic carbocycles. The maximum Gasteiger partial charge on any atom is 0.198 e. The first-order chi connectivity index (χ1) is 14.0. The Morgan fingerprint density at radius 1 is 0.966 bits per heavy atom. The normalized spacial score (nSPS) is 11.6. The van der Waals surface area contributed by atoms with Crippen LogP contribution in [0, 0.1) is 6.92 Å². The molecule has 4 rings (SSSR count). The molecule has 6 heteroatoms. The summed E-state index contributed by atoms with van der Waals surface area (Å²) < 4.78 is 1.60. The molecular weight excluding hydrogens is 362 g/mol. The van der Waals surface area contributed by atoms with Gasteiger partial charge in [-0.15, -0.1) is 5.10 Å². The van der Waals surface area contributed by atoms with Crippen LogP contribution in [-0.2, 0) is 0 Å². The van der Waals surface area contributed by atoms with Gasteiger partial charge >= 0.3 is 0 Å².